The molecule has 130 valence electrons. The molecule has 0 saturated carbocycles. The summed E-state index contributed by atoms with van der Waals surface area (Å²) in [6, 6.07) is 0. The van der Waals surface area contributed by atoms with Gasteiger partial charge in [-0.05, 0) is 19.3 Å². The average Bonchev–Trinajstić information content (AvgIpc) is 2.15. The fourth-order valence-corrected chi connectivity index (χ4v) is 0. The maximum atomic E-state index is 10.5. The third-order valence-corrected chi connectivity index (χ3v) is 3.17. The largest absolute Gasteiger partial charge is 0.299 e. The second-order valence-corrected chi connectivity index (χ2v) is 8.53. The van der Waals surface area contributed by atoms with Gasteiger partial charge in [0, 0.05) is 10.8 Å². The predicted octanol–water partition coefficient (Wildman–Crippen LogP) is 6.32. The van der Waals surface area contributed by atoms with Crippen LogP contribution in [0.1, 0.15) is 96.9 Å². The molecule has 0 aliphatic rings. The topological polar surface area (TPSA) is 34.1 Å². The van der Waals surface area contributed by atoms with E-state index in [1.807, 2.05) is 41.5 Å². The Hall–Kier alpha value is -0.660. The fourth-order valence-electron chi connectivity index (χ4n) is 0. The normalized spacial score (nSPS) is 11.0. The number of Topliss-reactive ketones (excluding diaryl/α,β-unsaturated/α-hetero) is 2. The van der Waals surface area contributed by atoms with Gasteiger partial charge in [0.2, 0.25) is 0 Å². The van der Waals surface area contributed by atoms with Crippen LogP contribution in [0.4, 0.5) is 0 Å². The van der Waals surface area contributed by atoms with Gasteiger partial charge in [0.1, 0.15) is 11.6 Å². The van der Waals surface area contributed by atoms with Crippen molar-refractivity contribution in [1.29, 1.82) is 0 Å². The minimum atomic E-state index is -0.139. The molecule has 2 heteroatoms. The molecule has 0 radical (unpaired) electrons. The highest BCUT2D eigenvalue weighted by atomic mass is 16.1. The van der Waals surface area contributed by atoms with E-state index in [0.717, 1.165) is 0 Å². The first-order chi connectivity index (χ1) is 8.45. The number of hydrogen-bond donors (Lipinski definition) is 0. The van der Waals surface area contributed by atoms with E-state index in [1.165, 1.54) is 6.42 Å². The Morgan fingerprint density at radius 2 is 0.762 bits per heavy atom. The van der Waals surface area contributed by atoms with Crippen LogP contribution in [-0.4, -0.2) is 11.6 Å². The van der Waals surface area contributed by atoms with Gasteiger partial charge in [-0.3, -0.25) is 9.59 Å². The molecular formula is C19H42O2. The molecule has 0 aromatic heterocycles. The lowest BCUT2D eigenvalue weighted by Gasteiger charge is -2.12. The van der Waals surface area contributed by atoms with Gasteiger partial charge in [-0.1, -0.05) is 83.1 Å². The molecule has 0 aliphatic heterocycles. The van der Waals surface area contributed by atoms with Crippen LogP contribution in [0.5, 0.6) is 0 Å². The van der Waals surface area contributed by atoms with Gasteiger partial charge in [-0.25, -0.2) is 0 Å². The molecule has 21 heavy (non-hydrogen) atoms. The van der Waals surface area contributed by atoms with Gasteiger partial charge in [0.05, 0.1) is 0 Å². The summed E-state index contributed by atoms with van der Waals surface area (Å²) in [6.07, 6.45) is 1.27. The minimum Gasteiger partial charge on any atom is -0.299 e. The van der Waals surface area contributed by atoms with E-state index in [0.29, 0.717) is 5.41 Å². The first-order valence-electron chi connectivity index (χ1n) is 7.47. The summed E-state index contributed by atoms with van der Waals surface area (Å²) in [5.74, 6) is 0.486. The van der Waals surface area contributed by atoms with Crippen LogP contribution < -0.4 is 0 Å². The number of ketones is 2. The molecule has 2 nitrogen and oxygen atoms in total. The Morgan fingerprint density at radius 1 is 0.667 bits per heavy atom. The highest BCUT2D eigenvalue weighted by molar-refractivity contribution is 5.81. The molecule has 0 rings (SSSR count). The van der Waals surface area contributed by atoms with Crippen LogP contribution >= 0.6 is 0 Å². The van der Waals surface area contributed by atoms with Crippen molar-refractivity contribution in [1.82, 2.24) is 0 Å². The molecule has 0 saturated heterocycles. The first-order valence-corrected chi connectivity index (χ1v) is 7.47. The van der Waals surface area contributed by atoms with Crippen LogP contribution in [0.25, 0.3) is 0 Å². The number of carbonyl (C=O) groups is 2. The van der Waals surface area contributed by atoms with Gasteiger partial charge in [0.25, 0.3) is 0 Å². The van der Waals surface area contributed by atoms with Crippen LogP contribution in [0, 0.1) is 16.2 Å². The third kappa shape index (κ3) is 28.3. The molecule has 0 spiro atoms. The Morgan fingerprint density at radius 3 is 0.762 bits per heavy atom. The molecule has 0 heterocycles. The maximum Gasteiger partial charge on any atom is 0.135 e. The average molecular weight is 303 g/mol. The second kappa shape index (κ2) is 11.0. The fraction of sp³-hybridized carbons (Fsp3) is 0.895. The van der Waals surface area contributed by atoms with Crippen LogP contribution in [0.15, 0.2) is 0 Å². The maximum absolute atomic E-state index is 10.5. The van der Waals surface area contributed by atoms with E-state index in [1.54, 1.807) is 13.8 Å². The van der Waals surface area contributed by atoms with Crippen molar-refractivity contribution in [2.45, 2.75) is 96.9 Å². The lowest BCUT2D eigenvalue weighted by atomic mass is 9.92. The van der Waals surface area contributed by atoms with Crippen LogP contribution in [-0.2, 0) is 9.59 Å². The summed E-state index contributed by atoms with van der Waals surface area (Å²) < 4.78 is 0. The van der Waals surface area contributed by atoms with E-state index in [4.69, 9.17) is 0 Å². The molecule has 0 N–H and O–H groups in total. The molecule has 0 unspecified atom stereocenters. The van der Waals surface area contributed by atoms with Gasteiger partial charge < -0.3 is 0 Å². The zero-order valence-corrected chi connectivity index (χ0v) is 16.0. The molecule has 0 aromatic rings. The monoisotopic (exact) mass is 302 g/mol. The zero-order chi connectivity index (χ0) is 17.4. The molecule has 0 atom stereocenters. The zero-order valence-electron chi connectivity index (χ0n) is 16.0. The van der Waals surface area contributed by atoms with Gasteiger partial charge >= 0.3 is 0 Å². The quantitative estimate of drug-likeness (QED) is 0.524. The SMILES string of the molecule is C.CC(=O)C(C)(C)C.CC(=O)C(C)(C)C.CCC(C)(C)C. The predicted molar refractivity (Wildman–Crippen MR) is 96.7 cm³/mol. The van der Waals surface area contributed by atoms with Crippen molar-refractivity contribution in [2.24, 2.45) is 16.2 Å². The van der Waals surface area contributed by atoms with Gasteiger partial charge in [-0.2, -0.15) is 0 Å². The van der Waals surface area contributed by atoms with Gasteiger partial charge in [-0.15, -0.1) is 0 Å². The Labute approximate surface area is 135 Å². The standard InChI is InChI=1S/2C6H12O.C6H14.CH4/c2*1-5(7)6(2,3)4;1-5-6(2,3)4;/h2*1-4H3;5H2,1-4H3;1H4. The van der Waals surface area contributed by atoms with Crippen LogP contribution in [0.2, 0.25) is 0 Å². The van der Waals surface area contributed by atoms with Crippen molar-refractivity contribution in [2.75, 3.05) is 0 Å². The van der Waals surface area contributed by atoms with E-state index in [9.17, 15) is 9.59 Å². The lowest BCUT2D eigenvalue weighted by Crippen LogP contribution is -2.15. The smallest absolute Gasteiger partial charge is 0.135 e. The highest BCUT2D eigenvalue weighted by Gasteiger charge is 2.15. The molecule has 0 aromatic carbocycles. The first kappa shape index (κ1) is 28.5. The third-order valence-electron chi connectivity index (χ3n) is 3.17. The Bertz CT molecular complexity index is 256. The summed E-state index contributed by atoms with van der Waals surface area (Å²) in [6.45, 7) is 23.6. The van der Waals surface area contributed by atoms with Crippen molar-refractivity contribution in [3.63, 3.8) is 0 Å². The van der Waals surface area contributed by atoms with Crippen molar-refractivity contribution in [3.05, 3.63) is 0 Å². The van der Waals surface area contributed by atoms with Crippen molar-refractivity contribution in [3.8, 4) is 0 Å². The summed E-state index contributed by atoms with van der Waals surface area (Å²) in [5, 5.41) is 0. The minimum absolute atomic E-state index is 0. The molecular weight excluding hydrogens is 260 g/mol. The van der Waals surface area contributed by atoms with E-state index in [-0.39, 0.29) is 29.8 Å². The molecule has 0 amide bonds. The molecule has 0 bridgehead atoms. The lowest BCUT2D eigenvalue weighted by molar-refractivity contribution is -0.124. The van der Waals surface area contributed by atoms with E-state index < -0.39 is 0 Å². The number of hydrogen-bond acceptors (Lipinski definition) is 2. The second-order valence-electron chi connectivity index (χ2n) is 8.53. The molecule has 0 aliphatic carbocycles. The molecule has 0 fully saturated rings. The summed E-state index contributed by atoms with van der Waals surface area (Å²) in [4.78, 5) is 20.9. The van der Waals surface area contributed by atoms with E-state index in [2.05, 4.69) is 27.7 Å². The van der Waals surface area contributed by atoms with E-state index >= 15 is 0 Å². The summed E-state index contributed by atoms with van der Waals surface area (Å²) in [5.41, 5.74) is 0.264. The summed E-state index contributed by atoms with van der Waals surface area (Å²) >= 11 is 0. The highest BCUT2D eigenvalue weighted by Crippen LogP contribution is 2.16. The van der Waals surface area contributed by atoms with Crippen molar-refractivity contribution < 1.29 is 9.59 Å². The Kier molecular flexibility index (Phi) is 14.9. The van der Waals surface area contributed by atoms with Crippen LogP contribution in [0.3, 0.4) is 0 Å². The number of rotatable bonds is 0. The number of carbonyl (C=O) groups excluding carboxylic acids is 2. The summed E-state index contributed by atoms with van der Waals surface area (Å²) in [7, 11) is 0. The van der Waals surface area contributed by atoms with Crippen molar-refractivity contribution >= 4 is 11.6 Å². The Balaban J connectivity index is -0.000000101. The van der Waals surface area contributed by atoms with Gasteiger partial charge in [0.15, 0.2) is 0 Å².